The van der Waals surface area contributed by atoms with E-state index in [0.29, 0.717) is 30.5 Å². The Hall–Kier alpha value is -0.570. The molecule has 1 rings (SSSR count). The smallest absolute Gasteiger partial charge is 0.223 e. The van der Waals surface area contributed by atoms with Crippen LogP contribution in [0.4, 0.5) is 0 Å². The Kier molecular flexibility index (Phi) is 5.96. The van der Waals surface area contributed by atoms with Crippen LogP contribution in [0.2, 0.25) is 0 Å². The first-order valence-corrected chi connectivity index (χ1v) is 7.10. The minimum absolute atomic E-state index is 0.354. The first kappa shape index (κ1) is 14.5. The number of carbonyl (C=O) groups is 1. The van der Waals surface area contributed by atoms with Gasteiger partial charge in [-0.1, -0.05) is 20.8 Å². The highest BCUT2D eigenvalue weighted by Gasteiger charge is 2.32. The zero-order chi connectivity index (χ0) is 12.8. The lowest BCUT2D eigenvalue weighted by Gasteiger charge is -2.28. The topological polar surface area (TPSA) is 32.3 Å². The molecule has 0 saturated carbocycles. The van der Waals surface area contributed by atoms with Crippen LogP contribution < -0.4 is 5.32 Å². The third kappa shape index (κ3) is 4.30. The minimum atomic E-state index is 0.354. The van der Waals surface area contributed by atoms with Gasteiger partial charge in [-0.15, -0.1) is 0 Å². The monoisotopic (exact) mass is 240 g/mol. The highest BCUT2D eigenvalue weighted by molar-refractivity contribution is 5.77. The summed E-state index contributed by atoms with van der Waals surface area (Å²) in [6, 6.07) is 1.46. The van der Waals surface area contributed by atoms with Gasteiger partial charge in [0.2, 0.25) is 5.91 Å². The predicted molar refractivity (Wildman–Crippen MR) is 72.0 cm³/mol. The maximum atomic E-state index is 12.2. The Bertz CT molecular complexity index is 240. The number of amides is 1. The lowest BCUT2D eigenvalue weighted by molar-refractivity contribution is -0.133. The molecule has 100 valence electrons. The van der Waals surface area contributed by atoms with Crippen LogP contribution in [0.3, 0.4) is 0 Å². The molecule has 1 fully saturated rings. The van der Waals surface area contributed by atoms with E-state index in [1.807, 2.05) is 0 Å². The summed E-state index contributed by atoms with van der Waals surface area (Å²) < 4.78 is 0. The number of likely N-dealkylation sites (tertiary alicyclic amines) is 1. The fourth-order valence-electron chi connectivity index (χ4n) is 2.68. The molecule has 0 aromatic rings. The van der Waals surface area contributed by atoms with Gasteiger partial charge in [-0.25, -0.2) is 0 Å². The largest absolute Gasteiger partial charge is 0.337 e. The van der Waals surface area contributed by atoms with Crippen LogP contribution >= 0.6 is 0 Å². The van der Waals surface area contributed by atoms with Gasteiger partial charge in [0.05, 0.1) is 0 Å². The van der Waals surface area contributed by atoms with Crippen LogP contribution in [0.5, 0.6) is 0 Å². The molecule has 17 heavy (non-hydrogen) atoms. The molecule has 2 unspecified atom stereocenters. The lowest BCUT2D eigenvalue weighted by atomic mass is 10.1. The number of hydrogen-bond donors (Lipinski definition) is 1. The molecule has 0 aliphatic carbocycles. The summed E-state index contributed by atoms with van der Waals surface area (Å²) in [7, 11) is 0. The molecule has 0 radical (unpaired) electrons. The van der Waals surface area contributed by atoms with Crippen molar-refractivity contribution in [2.24, 2.45) is 0 Å². The van der Waals surface area contributed by atoms with E-state index in [4.69, 9.17) is 0 Å². The van der Waals surface area contributed by atoms with Gasteiger partial charge in [0.15, 0.2) is 0 Å². The Morgan fingerprint density at radius 3 is 2.71 bits per heavy atom. The third-order valence-electron chi connectivity index (χ3n) is 3.67. The average Bonchev–Trinajstić information content (AvgIpc) is 2.65. The van der Waals surface area contributed by atoms with Crippen molar-refractivity contribution in [1.82, 2.24) is 10.2 Å². The molecule has 0 spiro atoms. The van der Waals surface area contributed by atoms with Gasteiger partial charge >= 0.3 is 0 Å². The number of nitrogens with one attached hydrogen (secondary N) is 1. The summed E-state index contributed by atoms with van der Waals surface area (Å²) in [5.41, 5.74) is 0. The zero-order valence-electron chi connectivity index (χ0n) is 11.8. The first-order chi connectivity index (χ1) is 8.06. The second-order valence-electron chi connectivity index (χ2n) is 5.50. The van der Waals surface area contributed by atoms with Crippen LogP contribution in [-0.4, -0.2) is 35.5 Å². The summed E-state index contributed by atoms with van der Waals surface area (Å²) in [5, 5.41) is 3.36. The fourth-order valence-corrected chi connectivity index (χ4v) is 2.68. The van der Waals surface area contributed by atoms with Crippen molar-refractivity contribution >= 4 is 5.91 Å². The van der Waals surface area contributed by atoms with Crippen LogP contribution in [-0.2, 0) is 4.79 Å². The molecular weight excluding hydrogens is 212 g/mol. The van der Waals surface area contributed by atoms with Gasteiger partial charge in [-0.3, -0.25) is 4.79 Å². The van der Waals surface area contributed by atoms with Crippen molar-refractivity contribution in [3.05, 3.63) is 0 Å². The zero-order valence-corrected chi connectivity index (χ0v) is 11.8. The number of rotatable bonds is 6. The van der Waals surface area contributed by atoms with E-state index < -0.39 is 0 Å². The molecule has 3 heteroatoms. The second-order valence-corrected chi connectivity index (χ2v) is 5.50. The summed E-state index contributed by atoms with van der Waals surface area (Å²) in [4.78, 5) is 14.3. The Balaban J connectivity index is 2.31. The fraction of sp³-hybridized carbons (Fsp3) is 0.929. The summed E-state index contributed by atoms with van der Waals surface area (Å²) in [6.45, 7) is 9.58. The van der Waals surface area contributed by atoms with E-state index in [9.17, 15) is 4.79 Å². The molecule has 2 atom stereocenters. The van der Waals surface area contributed by atoms with Gasteiger partial charge in [0.1, 0.15) is 0 Å². The predicted octanol–water partition coefficient (Wildman–Crippen LogP) is 2.55. The van der Waals surface area contributed by atoms with Gasteiger partial charge in [0, 0.05) is 24.5 Å². The quantitative estimate of drug-likeness (QED) is 0.724. The van der Waals surface area contributed by atoms with Crippen molar-refractivity contribution in [2.75, 3.05) is 6.54 Å². The molecule has 1 N–H and O–H groups in total. The SMILES string of the molecule is CCC1CCC(C)N1C(=O)CCCNC(C)C. The maximum Gasteiger partial charge on any atom is 0.223 e. The average molecular weight is 240 g/mol. The van der Waals surface area contributed by atoms with Crippen LogP contribution in [0.25, 0.3) is 0 Å². The van der Waals surface area contributed by atoms with E-state index in [0.717, 1.165) is 19.4 Å². The van der Waals surface area contributed by atoms with E-state index >= 15 is 0 Å². The van der Waals surface area contributed by atoms with Crippen LogP contribution in [0, 0.1) is 0 Å². The Morgan fingerprint density at radius 1 is 1.41 bits per heavy atom. The highest BCUT2D eigenvalue weighted by Crippen LogP contribution is 2.26. The van der Waals surface area contributed by atoms with E-state index in [-0.39, 0.29) is 0 Å². The van der Waals surface area contributed by atoms with Crippen LogP contribution in [0.15, 0.2) is 0 Å². The summed E-state index contributed by atoms with van der Waals surface area (Å²) in [6.07, 6.45) is 5.11. The Labute approximate surface area is 106 Å². The van der Waals surface area contributed by atoms with Crippen molar-refractivity contribution in [3.63, 3.8) is 0 Å². The van der Waals surface area contributed by atoms with Crippen molar-refractivity contribution < 1.29 is 4.79 Å². The van der Waals surface area contributed by atoms with Gasteiger partial charge in [-0.2, -0.15) is 0 Å². The number of carbonyl (C=O) groups excluding carboxylic acids is 1. The van der Waals surface area contributed by atoms with Crippen molar-refractivity contribution in [2.45, 2.75) is 77.9 Å². The van der Waals surface area contributed by atoms with E-state index in [1.54, 1.807) is 0 Å². The third-order valence-corrected chi connectivity index (χ3v) is 3.67. The molecule has 0 aromatic carbocycles. The van der Waals surface area contributed by atoms with Gasteiger partial charge in [0.25, 0.3) is 0 Å². The minimum Gasteiger partial charge on any atom is -0.337 e. The second kappa shape index (κ2) is 7.00. The van der Waals surface area contributed by atoms with E-state index in [1.165, 1.54) is 12.8 Å². The number of nitrogens with zero attached hydrogens (tertiary/aromatic N) is 1. The van der Waals surface area contributed by atoms with E-state index in [2.05, 4.69) is 37.9 Å². The molecule has 1 aliphatic heterocycles. The Morgan fingerprint density at radius 2 is 2.12 bits per heavy atom. The van der Waals surface area contributed by atoms with Crippen LogP contribution in [0.1, 0.15) is 59.8 Å². The molecule has 1 saturated heterocycles. The molecule has 1 heterocycles. The summed E-state index contributed by atoms with van der Waals surface area (Å²) >= 11 is 0. The number of hydrogen-bond acceptors (Lipinski definition) is 2. The molecule has 1 amide bonds. The van der Waals surface area contributed by atoms with Gasteiger partial charge in [-0.05, 0) is 39.2 Å². The van der Waals surface area contributed by atoms with Gasteiger partial charge < -0.3 is 10.2 Å². The standard InChI is InChI=1S/C14H28N2O/c1-5-13-9-8-12(4)16(13)14(17)7-6-10-15-11(2)3/h11-13,15H,5-10H2,1-4H3. The van der Waals surface area contributed by atoms with Crippen molar-refractivity contribution in [1.29, 1.82) is 0 Å². The first-order valence-electron chi connectivity index (χ1n) is 7.10. The highest BCUT2D eigenvalue weighted by atomic mass is 16.2. The van der Waals surface area contributed by atoms with Crippen molar-refractivity contribution in [3.8, 4) is 0 Å². The molecule has 0 aromatic heterocycles. The molecule has 1 aliphatic rings. The summed E-state index contributed by atoms with van der Waals surface area (Å²) in [5.74, 6) is 0.354. The molecule has 0 bridgehead atoms. The molecular formula is C14H28N2O. The maximum absolute atomic E-state index is 12.2. The normalized spacial score (nSPS) is 24.6. The lowest BCUT2D eigenvalue weighted by Crippen LogP contribution is -2.39. The molecule has 3 nitrogen and oxygen atoms in total.